The summed E-state index contributed by atoms with van der Waals surface area (Å²) in [4.78, 5) is 6.86. The highest BCUT2D eigenvalue weighted by atomic mass is 15.2. The zero-order valence-corrected chi connectivity index (χ0v) is 10.7. The Hall–Kier alpha value is -1.55. The second-order valence-corrected chi connectivity index (χ2v) is 4.38. The Morgan fingerprint density at radius 1 is 1.47 bits per heavy atom. The summed E-state index contributed by atoms with van der Waals surface area (Å²) >= 11 is 0. The van der Waals surface area contributed by atoms with Crippen molar-refractivity contribution < 1.29 is 0 Å². The summed E-state index contributed by atoms with van der Waals surface area (Å²) in [7, 11) is 2.08. The lowest BCUT2D eigenvalue weighted by Gasteiger charge is -2.24. The minimum Gasteiger partial charge on any atom is -0.355 e. The highest BCUT2D eigenvalue weighted by Gasteiger charge is 2.17. The minimum absolute atomic E-state index is 0.463. The Bertz CT molecular complexity index is 503. The Balaban J connectivity index is 2.53. The predicted molar refractivity (Wildman–Crippen MR) is 71.2 cm³/mol. The molecule has 4 heteroatoms. The van der Waals surface area contributed by atoms with E-state index in [-0.39, 0.29) is 0 Å². The van der Waals surface area contributed by atoms with Crippen LogP contribution in [0.5, 0.6) is 0 Å². The molecule has 0 saturated heterocycles. The van der Waals surface area contributed by atoms with Crippen molar-refractivity contribution in [2.75, 3.05) is 11.9 Å². The molecule has 0 fully saturated rings. The van der Waals surface area contributed by atoms with Gasteiger partial charge in [0, 0.05) is 25.8 Å². The average molecular weight is 232 g/mol. The van der Waals surface area contributed by atoms with Crippen molar-refractivity contribution in [1.29, 1.82) is 0 Å². The van der Waals surface area contributed by atoms with Crippen LogP contribution >= 0.6 is 0 Å². The summed E-state index contributed by atoms with van der Waals surface area (Å²) < 4.78 is 2.06. The van der Waals surface area contributed by atoms with Crippen LogP contribution in [0.3, 0.4) is 0 Å². The normalized spacial score (nSPS) is 12.9. The van der Waals surface area contributed by atoms with Gasteiger partial charge in [0.15, 0.2) is 5.82 Å². The molecule has 2 rings (SSSR count). The van der Waals surface area contributed by atoms with Gasteiger partial charge >= 0.3 is 0 Å². The van der Waals surface area contributed by atoms with Crippen LogP contribution in [0.2, 0.25) is 0 Å². The number of imidazole rings is 1. The van der Waals surface area contributed by atoms with Crippen LogP contribution in [-0.4, -0.2) is 22.5 Å². The van der Waals surface area contributed by atoms with E-state index in [2.05, 4.69) is 35.2 Å². The zero-order valence-electron chi connectivity index (χ0n) is 10.7. The first kappa shape index (κ1) is 11.9. The fraction of sp³-hybridized carbons (Fsp3) is 0.462. The summed E-state index contributed by atoms with van der Waals surface area (Å²) in [5.41, 5.74) is 7.88. The Morgan fingerprint density at radius 2 is 2.24 bits per heavy atom. The molecule has 2 N–H and O–H groups in total. The largest absolute Gasteiger partial charge is 0.355 e. The number of hydrogen-bond donors (Lipinski definition) is 1. The molecule has 0 saturated carbocycles. The van der Waals surface area contributed by atoms with Gasteiger partial charge in [-0.05, 0) is 25.5 Å². The van der Waals surface area contributed by atoms with E-state index in [9.17, 15) is 0 Å². The van der Waals surface area contributed by atoms with Crippen LogP contribution in [-0.2, 0) is 6.54 Å². The Morgan fingerprint density at radius 3 is 2.88 bits per heavy atom. The molecule has 4 nitrogen and oxygen atoms in total. The molecule has 0 spiro atoms. The summed E-state index contributed by atoms with van der Waals surface area (Å²) in [6, 6.07) is 6.47. The number of pyridine rings is 1. The zero-order chi connectivity index (χ0) is 12.4. The van der Waals surface area contributed by atoms with E-state index in [0.29, 0.717) is 12.6 Å². The minimum atomic E-state index is 0.463. The Labute approximate surface area is 102 Å². The van der Waals surface area contributed by atoms with E-state index in [4.69, 9.17) is 5.73 Å². The molecule has 0 aliphatic rings. The van der Waals surface area contributed by atoms with Crippen LogP contribution in [0.1, 0.15) is 26.0 Å². The van der Waals surface area contributed by atoms with E-state index in [0.717, 1.165) is 23.6 Å². The number of nitrogens with two attached hydrogens (primary N) is 1. The molecule has 0 radical (unpaired) electrons. The molecular weight excluding hydrogens is 212 g/mol. The molecule has 0 amide bonds. The fourth-order valence-corrected chi connectivity index (χ4v) is 1.99. The van der Waals surface area contributed by atoms with Crippen molar-refractivity contribution in [2.45, 2.75) is 32.9 Å². The van der Waals surface area contributed by atoms with E-state index >= 15 is 0 Å². The number of hydrogen-bond acceptors (Lipinski definition) is 3. The quantitative estimate of drug-likeness (QED) is 0.877. The second-order valence-electron chi connectivity index (χ2n) is 4.38. The number of aromatic nitrogens is 2. The monoisotopic (exact) mass is 232 g/mol. The van der Waals surface area contributed by atoms with E-state index in [1.165, 1.54) is 0 Å². The van der Waals surface area contributed by atoms with Crippen molar-refractivity contribution >= 4 is 11.5 Å². The summed E-state index contributed by atoms with van der Waals surface area (Å²) in [5.74, 6) is 0.994. The van der Waals surface area contributed by atoms with Gasteiger partial charge in [-0.1, -0.05) is 13.0 Å². The smallest absolute Gasteiger partial charge is 0.152 e. The molecule has 92 valence electrons. The van der Waals surface area contributed by atoms with Gasteiger partial charge in [-0.15, -0.1) is 0 Å². The molecule has 0 bridgehead atoms. The molecule has 0 aliphatic carbocycles. The molecule has 2 aromatic heterocycles. The summed E-state index contributed by atoms with van der Waals surface area (Å²) in [6.07, 6.45) is 3.10. The number of nitrogens with zero attached hydrogens (tertiary/aromatic N) is 3. The maximum absolute atomic E-state index is 5.85. The number of rotatable bonds is 4. The molecular formula is C13H20N4. The standard InChI is InChI=1S/C13H20N4/c1-4-10(2)16(3)13-11(9-14)17-8-6-5-7-12(17)15-13/h5-8,10H,4,9,14H2,1-3H3. The van der Waals surface area contributed by atoms with Crippen LogP contribution < -0.4 is 10.6 Å². The van der Waals surface area contributed by atoms with Crippen molar-refractivity contribution in [3.8, 4) is 0 Å². The first-order valence-corrected chi connectivity index (χ1v) is 6.07. The molecule has 0 aromatic carbocycles. The number of anilines is 1. The predicted octanol–water partition coefficient (Wildman–Crippen LogP) is 2.03. The van der Waals surface area contributed by atoms with Crippen LogP contribution in [0.4, 0.5) is 5.82 Å². The van der Waals surface area contributed by atoms with Gasteiger partial charge in [0.25, 0.3) is 0 Å². The van der Waals surface area contributed by atoms with Crippen molar-refractivity contribution in [2.24, 2.45) is 5.73 Å². The highest BCUT2D eigenvalue weighted by Crippen LogP contribution is 2.22. The molecule has 17 heavy (non-hydrogen) atoms. The molecule has 1 unspecified atom stereocenters. The average Bonchev–Trinajstić information content (AvgIpc) is 2.75. The SMILES string of the molecule is CCC(C)N(C)c1nc2ccccn2c1CN. The summed E-state index contributed by atoms with van der Waals surface area (Å²) in [5, 5.41) is 0. The number of fused-ring (bicyclic) bond motifs is 1. The maximum atomic E-state index is 5.85. The van der Waals surface area contributed by atoms with Gasteiger partial charge in [0.05, 0.1) is 5.69 Å². The van der Waals surface area contributed by atoms with Crippen LogP contribution in [0, 0.1) is 0 Å². The molecule has 2 aromatic rings. The first-order valence-electron chi connectivity index (χ1n) is 6.07. The third-order valence-electron chi connectivity index (χ3n) is 3.39. The molecule has 1 atom stereocenters. The highest BCUT2D eigenvalue weighted by molar-refractivity contribution is 5.56. The lowest BCUT2D eigenvalue weighted by atomic mass is 10.2. The molecule has 2 heterocycles. The van der Waals surface area contributed by atoms with E-state index in [1.54, 1.807) is 0 Å². The van der Waals surface area contributed by atoms with Gasteiger partial charge in [-0.25, -0.2) is 4.98 Å². The topological polar surface area (TPSA) is 46.6 Å². The van der Waals surface area contributed by atoms with Crippen molar-refractivity contribution in [3.63, 3.8) is 0 Å². The third kappa shape index (κ3) is 2.00. The van der Waals surface area contributed by atoms with Gasteiger partial charge in [-0.2, -0.15) is 0 Å². The van der Waals surface area contributed by atoms with Crippen LogP contribution in [0.25, 0.3) is 5.65 Å². The lowest BCUT2D eigenvalue weighted by Crippen LogP contribution is -2.29. The lowest BCUT2D eigenvalue weighted by molar-refractivity contribution is 0.655. The van der Waals surface area contributed by atoms with Gasteiger partial charge in [0.2, 0.25) is 0 Å². The van der Waals surface area contributed by atoms with Gasteiger partial charge < -0.3 is 15.0 Å². The van der Waals surface area contributed by atoms with Gasteiger partial charge in [-0.3, -0.25) is 0 Å². The van der Waals surface area contributed by atoms with Gasteiger partial charge in [0.1, 0.15) is 5.65 Å². The first-order chi connectivity index (χ1) is 8.19. The van der Waals surface area contributed by atoms with E-state index < -0.39 is 0 Å². The summed E-state index contributed by atoms with van der Waals surface area (Å²) in [6.45, 7) is 4.88. The van der Waals surface area contributed by atoms with Crippen molar-refractivity contribution in [3.05, 3.63) is 30.1 Å². The van der Waals surface area contributed by atoms with Crippen molar-refractivity contribution in [1.82, 2.24) is 9.38 Å². The molecule has 0 aliphatic heterocycles. The maximum Gasteiger partial charge on any atom is 0.152 e. The second kappa shape index (κ2) is 4.75. The Kier molecular flexibility index (Phi) is 3.33. The third-order valence-corrected chi connectivity index (χ3v) is 3.39. The fourth-order valence-electron chi connectivity index (χ4n) is 1.99. The van der Waals surface area contributed by atoms with Crippen LogP contribution in [0.15, 0.2) is 24.4 Å². The van der Waals surface area contributed by atoms with E-state index in [1.807, 2.05) is 24.4 Å².